The van der Waals surface area contributed by atoms with Crippen LogP contribution >= 0.6 is 11.6 Å². The van der Waals surface area contributed by atoms with E-state index in [-0.39, 0.29) is 39.5 Å². The molecule has 2 unspecified atom stereocenters. The Morgan fingerprint density at radius 2 is 1.95 bits per heavy atom. The van der Waals surface area contributed by atoms with Crippen LogP contribution in [0, 0.1) is 0 Å². The SMILES string of the molecule is CCN1CCN(C(C)c2ccc(NC(=O)c3ccc(Cl)c(Oc4ncnc5c4OCC(C)N5)c3)cc2C(F)(F)F)CC1. The number of nitrogens with zero attached hydrogens (tertiary/aromatic N) is 4. The maximum atomic E-state index is 14.2. The number of fused-ring (bicyclic) bond motifs is 1. The smallest absolute Gasteiger partial charge is 0.416 e. The molecule has 5 rings (SSSR count). The van der Waals surface area contributed by atoms with Gasteiger partial charge in [-0.3, -0.25) is 9.69 Å². The number of benzene rings is 2. The van der Waals surface area contributed by atoms with Gasteiger partial charge in [-0.1, -0.05) is 24.6 Å². The molecule has 0 bridgehead atoms. The lowest BCUT2D eigenvalue weighted by molar-refractivity contribution is -0.138. The quantitative estimate of drug-likeness (QED) is 0.335. The molecule has 3 heterocycles. The molecule has 2 atom stereocenters. The normalized spacial score (nSPS) is 18.4. The number of hydrogen-bond acceptors (Lipinski definition) is 8. The van der Waals surface area contributed by atoms with Crippen LogP contribution in [0.5, 0.6) is 17.4 Å². The minimum absolute atomic E-state index is 0.0231. The minimum Gasteiger partial charge on any atom is -0.483 e. The first-order chi connectivity index (χ1) is 20.0. The van der Waals surface area contributed by atoms with E-state index in [1.54, 1.807) is 6.92 Å². The van der Waals surface area contributed by atoms with Gasteiger partial charge >= 0.3 is 6.18 Å². The van der Waals surface area contributed by atoms with E-state index in [0.717, 1.165) is 25.7 Å². The highest BCUT2D eigenvalue weighted by Gasteiger charge is 2.36. The average molecular weight is 605 g/mol. The number of rotatable bonds is 7. The zero-order valence-corrected chi connectivity index (χ0v) is 24.2. The second kappa shape index (κ2) is 12.3. The number of alkyl halides is 3. The van der Waals surface area contributed by atoms with Crippen LogP contribution in [0.2, 0.25) is 5.02 Å². The maximum Gasteiger partial charge on any atom is 0.416 e. The number of halogens is 4. The molecule has 0 aliphatic carbocycles. The molecule has 1 aromatic heterocycles. The minimum atomic E-state index is -4.59. The van der Waals surface area contributed by atoms with E-state index in [1.165, 1.54) is 36.7 Å². The highest BCUT2D eigenvalue weighted by atomic mass is 35.5. The van der Waals surface area contributed by atoms with Gasteiger partial charge < -0.3 is 25.0 Å². The Bertz CT molecular complexity index is 1450. The predicted octanol–water partition coefficient (Wildman–Crippen LogP) is 6.08. The lowest BCUT2D eigenvalue weighted by atomic mass is 9.98. The van der Waals surface area contributed by atoms with Gasteiger partial charge in [0.15, 0.2) is 5.82 Å². The van der Waals surface area contributed by atoms with Crippen molar-refractivity contribution in [3.05, 3.63) is 64.4 Å². The number of ether oxygens (including phenoxy) is 2. The molecule has 13 heteroatoms. The molecule has 224 valence electrons. The fraction of sp³-hybridized carbons (Fsp3) is 0.414. The van der Waals surface area contributed by atoms with Crippen molar-refractivity contribution >= 4 is 29.0 Å². The van der Waals surface area contributed by atoms with Gasteiger partial charge in [0.1, 0.15) is 18.7 Å². The molecule has 1 fully saturated rings. The lowest BCUT2D eigenvalue weighted by Gasteiger charge is -2.38. The second-order valence-electron chi connectivity index (χ2n) is 10.4. The third-order valence-corrected chi connectivity index (χ3v) is 7.81. The molecule has 3 aromatic rings. The van der Waals surface area contributed by atoms with Crippen molar-refractivity contribution in [1.29, 1.82) is 0 Å². The topological polar surface area (TPSA) is 91.9 Å². The molecule has 1 saturated heterocycles. The second-order valence-corrected chi connectivity index (χ2v) is 10.8. The summed E-state index contributed by atoms with van der Waals surface area (Å²) in [6, 6.07) is 7.84. The number of carbonyl (C=O) groups is 1. The number of piperazine rings is 1. The van der Waals surface area contributed by atoms with Crippen LogP contribution < -0.4 is 20.1 Å². The van der Waals surface area contributed by atoms with E-state index in [2.05, 4.69) is 37.3 Å². The first-order valence-electron chi connectivity index (χ1n) is 13.7. The molecule has 0 saturated carbocycles. The summed E-state index contributed by atoms with van der Waals surface area (Å²) in [6.07, 6.45) is -3.29. The van der Waals surface area contributed by atoms with Crippen LogP contribution in [0.25, 0.3) is 0 Å². The van der Waals surface area contributed by atoms with Crippen LogP contribution in [-0.4, -0.2) is 71.0 Å². The van der Waals surface area contributed by atoms with E-state index in [9.17, 15) is 18.0 Å². The molecule has 2 aliphatic rings. The van der Waals surface area contributed by atoms with Crippen molar-refractivity contribution < 1.29 is 27.4 Å². The monoisotopic (exact) mass is 604 g/mol. The van der Waals surface area contributed by atoms with Crippen molar-refractivity contribution in [2.45, 2.75) is 39.0 Å². The average Bonchev–Trinajstić information content (AvgIpc) is 2.97. The maximum absolute atomic E-state index is 14.2. The van der Waals surface area contributed by atoms with Crippen LogP contribution in [0.3, 0.4) is 0 Å². The van der Waals surface area contributed by atoms with Crippen molar-refractivity contribution in [3.8, 4) is 17.4 Å². The third kappa shape index (κ3) is 6.55. The Kier molecular flexibility index (Phi) is 8.76. The molecule has 1 amide bonds. The number of hydrogen-bond donors (Lipinski definition) is 2. The first-order valence-corrected chi connectivity index (χ1v) is 14.1. The van der Waals surface area contributed by atoms with Crippen molar-refractivity contribution in [2.24, 2.45) is 0 Å². The highest BCUT2D eigenvalue weighted by Crippen LogP contribution is 2.40. The fourth-order valence-corrected chi connectivity index (χ4v) is 5.24. The number of likely N-dealkylation sites (N-methyl/N-ethyl adjacent to an activating group) is 1. The van der Waals surface area contributed by atoms with Gasteiger partial charge in [0.05, 0.1) is 16.6 Å². The number of aromatic nitrogens is 2. The summed E-state index contributed by atoms with van der Waals surface area (Å²) in [5.41, 5.74) is -0.450. The fourth-order valence-electron chi connectivity index (χ4n) is 5.08. The van der Waals surface area contributed by atoms with E-state index in [4.69, 9.17) is 21.1 Å². The van der Waals surface area contributed by atoms with Gasteiger partial charge in [-0.25, -0.2) is 4.98 Å². The standard InChI is InChI=1S/C29H32ClF3N6O3/c1-4-38-9-11-39(12-10-38)18(3)21-7-6-20(14-22(21)29(31,32)33)37-27(40)19-5-8-23(30)24(13-19)42-28-25-26(34-16-35-28)36-17(2)15-41-25/h5-8,13-14,16-18H,4,9-12,15H2,1-3H3,(H,37,40)(H,34,35,36). The predicted molar refractivity (Wildman–Crippen MR) is 154 cm³/mol. The van der Waals surface area contributed by atoms with Gasteiger partial charge in [-0.15, -0.1) is 0 Å². The van der Waals surface area contributed by atoms with Crippen LogP contribution in [0.4, 0.5) is 24.7 Å². The molecular formula is C29H32ClF3N6O3. The van der Waals surface area contributed by atoms with Crippen LogP contribution in [0.1, 0.15) is 48.3 Å². The Balaban J connectivity index is 1.34. The van der Waals surface area contributed by atoms with E-state index < -0.39 is 23.7 Å². The van der Waals surface area contributed by atoms with Crippen LogP contribution in [0.15, 0.2) is 42.7 Å². The van der Waals surface area contributed by atoms with Crippen molar-refractivity contribution in [1.82, 2.24) is 19.8 Å². The summed E-state index contributed by atoms with van der Waals surface area (Å²) >= 11 is 6.33. The van der Waals surface area contributed by atoms with Crippen molar-refractivity contribution in [3.63, 3.8) is 0 Å². The van der Waals surface area contributed by atoms with Gasteiger partial charge in [0, 0.05) is 43.5 Å². The summed E-state index contributed by atoms with van der Waals surface area (Å²) in [6.45, 7) is 10.1. The molecule has 9 nitrogen and oxygen atoms in total. The summed E-state index contributed by atoms with van der Waals surface area (Å²) in [7, 11) is 0. The van der Waals surface area contributed by atoms with Crippen molar-refractivity contribution in [2.75, 3.05) is 50.0 Å². The lowest BCUT2D eigenvalue weighted by Crippen LogP contribution is -2.47. The third-order valence-electron chi connectivity index (χ3n) is 7.50. The van der Waals surface area contributed by atoms with E-state index in [1.807, 2.05) is 6.92 Å². The van der Waals surface area contributed by atoms with Gasteiger partial charge in [-0.2, -0.15) is 18.2 Å². The largest absolute Gasteiger partial charge is 0.483 e. The molecular weight excluding hydrogens is 573 g/mol. The number of nitrogens with one attached hydrogen (secondary N) is 2. The zero-order chi connectivity index (χ0) is 30.0. The first kappa shape index (κ1) is 29.9. The van der Waals surface area contributed by atoms with Gasteiger partial charge in [0.2, 0.25) is 5.75 Å². The zero-order valence-electron chi connectivity index (χ0n) is 23.5. The Hall–Kier alpha value is -3.61. The summed E-state index contributed by atoms with van der Waals surface area (Å²) in [5.74, 6) is 0.371. The summed E-state index contributed by atoms with van der Waals surface area (Å²) in [4.78, 5) is 25.7. The molecule has 2 N–H and O–H groups in total. The summed E-state index contributed by atoms with van der Waals surface area (Å²) < 4.78 is 54.1. The van der Waals surface area contributed by atoms with Gasteiger partial charge in [0.25, 0.3) is 11.8 Å². The van der Waals surface area contributed by atoms with E-state index >= 15 is 0 Å². The molecule has 0 radical (unpaired) electrons. The number of anilines is 2. The summed E-state index contributed by atoms with van der Waals surface area (Å²) in [5, 5.41) is 5.95. The van der Waals surface area contributed by atoms with E-state index in [0.29, 0.717) is 31.3 Å². The molecule has 0 spiro atoms. The van der Waals surface area contributed by atoms with Gasteiger partial charge in [-0.05, 0) is 56.3 Å². The molecule has 2 aromatic carbocycles. The Labute approximate surface area is 247 Å². The number of carbonyl (C=O) groups excluding carboxylic acids is 1. The molecule has 2 aliphatic heterocycles. The Morgan fingerprint density at radius 1 is 1.19 bits per heavy atom. The highest BCUT2D eigenvalue weighted by molar-refractivity contribution is 6.32. The molecule has 42 heavy (non-hydrogen) atoms. The Morgan fingerprint density at radius 3 is 2.67 bits per heavy atom. The number of amides is 1. The van der Waals surface area contributed by atoms with Crippen LogP contribution in [-0.2, 0) is 6.18 Å².